The molecular weight excluding hydrogens is 296 g/mol. The fourth-order valence-corrected chi connectivity index (χ4v) is 0.272. The first-order valence-electron chi connectivity index (χ1n) is 2.42. The Morgan fingerprint density at radius 3 is 1.25 bits per heavy atom. The summed E-state index contributed by atoms with van der Waals surface area (Å²) in [6.07, 6.45) is 5.75. The Bertz CT molecular complexity index is 162. The van der Waals surface area contributed by atoms with Crippen molar-refractivity contribution in [2.24, 2.45) is 0 Å². The van der Waals surface area contributed by atoms with E-state index in [1.54, 1.807) is 0 Å². The second-order valence-corrected chi connectivity index (χ2v) is 1.18. The highest BCUT2D eigenvalue weighted by Gasteiger charge is 1.62. The predicted molar refractivity (Wildman–Crippen MR) is 49.2 cm³/mol. The zero-order valence-electron chi connectivity index (χ0n) is 5.73. The van der Waals surface area contributed by atoms with E-state index in [1.807, 2.05) is 0 Å². The molecule has 2 aromatic heterocycles. The molecule has 2 aromatic rings. The lowest BCUT2D eigenvalue weighted by atomic mass is 11.0. The number of halogens is 2. The lowest BCUT2D eigenvalue weighted by molar-refractivity contribution is 0.392. The summed E-state index contributed by atoms with van der Waals surface area (Å²) in [7, 11) is 0. The predicted octanol–water partition coefficient (Wildman–Crippen LogP) is 1.29. The number of hydrogen-bond donors (Lipinski definition) is 0. The van der Waals surface area contributed by atoms with Crippen LogP contribution in [0.2, 0.25) is 0 Å². The molecule has 0 aliphatic carbocycles. The van der Waals surface area contributed by atoms with Crippen molar-refractivity contribution in [1.29, 1.82) is 0 Å². The molecule has 2 heterocycles. The highest BCUT2D eigenvalue weighted by molar-refractivity contribution is 8.93. The van der Waals surface area contributed by atoms with E-state index in [1.165, 1.54) is 24.9 Å². The van der Waals surface area contributed by atoms with Crippen LogP contribution in [0.25, 0.3) is 0 Å². The third-order valence-corrected chi connectivity index (χ3v) is 0.565. The maximum absolute atomic E-state index is 4.22. The van der Waals surface area contributed by atoms with Crippen LogP contribution in [0.5, 0.6) is 0 Å². The average molecular weight is 302 g/mol. The van der Waals surface area contributed by atoms with Crippen LogP contribution in [0.3, 0.4) is 0 Å². The zero-order valence-corrected chi connectivity index (χ0v) is 9.16. The van der Waals surface area contributed by atoms with Gasteiger partial charge in [-0.05, 0) is 0 Å². The molecule has 0 aromatic carbocycles. The van der Waals surface area contributed by atoms with E-state index >= 15 is 0 Å². The van der Waals surface area contributed by atoms with Gasteiger partial charge in [-0.1, -0.05) is 0 Å². The van der Waals surface area contributed by atoms with Crippen LogP contribution < -0.4 is 0 Å². The Labute approximate surface area is 88.8 Å². The smallest absolute Gasteiger partial charge is 0.144 e. The number of hydrogen-bond acceptors (Lipinski definition) is 6. The van der Waals surface area contributed by atoms with Gasteiger partial charge < -0.3 is 9.05 Å². The molecule has 0 fully saturated rings. The molecule has 0 spiro atoms. The normalized spacial score (nSPS) is 6.67. The monoisotopic (exact) mass is 300 g/mol. The summed E-state index contributed by atoms with van der Waals surface area (Å²) in [4.78, 5) is 0. The molecule has 0 saturated carbocycles. The third-order valence-electron chi connectivity index (χ3n) is 0.565. The van der Waals surface area contributed by atoms with Crippen molar-refractivity contribution in [3.8, 4) is 0 Å². The fourth-order valence-electron chi connectivity index (χ4n) is 0.272. The molecule has 0 aliphatic rings. The molecule has 0 amide bonds. The van der Waals surface area contributed by atoms with E-state index in [2.05, 4.69) is 29.8 Å². The maximum atomic E-state index is 4.22. The molecule has 2 rings (SSSR count). The van der Waals surface area contributed by atoms with Crippen LogP contribution in [0.1, 0.15) is 0 Å². The average Bonchev–Trinajstić information content (AvgIpc) is 2.67. The van der Waals surface area contributed by atoms with Gasteiger partial charge in [-0.3, -0.25) is 0 Å². The van der Waals surface area contributed by atoms with Crippen molar-refractivity contribution in [1.82, 2.24) is 20.7 Å². The summed E-state index contributed by atoms with van der Waals surface area (Å²) in [5.41, 5.74) is 0. The van der Waals surface area contributed by atoms with Gasteiger partial charge in [0.1, 0.15) is 12.5 Å². The standard InChI is InChI=1S/2C2H2N2O.2BrH/c2*1-2-5-4-3-1;;/h2*1-2H;2*1H. The lowest BCUT2D eigenvalue weighted by Crippen LogP contribution is -1.53. The molecule has 68 valence electrons. The van der Waals surface area contributed by atoms with Gasteiger partial charge in [0.2, 0.25) is 0 Å². The molecule has 0 N–H and O–H groups in total. The highest BCUT2D eigenvalue weighted by Crippen LogP contribution is 1.65. The summed E-state index contributed by atoms with van der Waals surface area (Å²) in [5.74, 6) is 0. The molecule has 12 heavy (non-hydrogen) atoms. The highest BCUT2D eigenvalue weighted by atomic mass is 79.9. The van der Waals surface area contributed by atoms with Crippen LogP contribution in [0.15, 0.2) is 34.0 Å². The van der Waals surface area contributed by atoms with Crippen LogP contribution in [0.4, 0.5) is 0 Å². The van der Waals surface area contributed by atoms with Crippen LogP contribution in [0, 0.1) is 0 Å². The fraction of sp³-hybridized carbons (Fsp3) is 0. The van der Waals surface area contributed by atoms with E-state index in [0.717, 1.165) is 0 Å². The van der Waals surface area contributed by atoms with Gasteiger partial charge in [-0.25, -0.2) is 0 Å². The van der Waals surface area contributed by atoms with Crippen LogP contribution >= 0.6 is 34.0 Å². The van der Waals surface area contributed by atoms with Crippen molar-refractivity contribution in [3.05, 3.63) is 24.9 Å². The Kier molecular flexibility index (Phi) is 11.8. The first-order valence-corrected chi connectivity index (χ1v) is 2.42. The molecular formula is C4H6Br2N4O2. The molecule has 0 saturated heterocycles. The summed E-state index contributed by atoms with van der Waals surface area (Å²) in [6, 6.07) is 0. The van der Waals surface area contributed by atoms with Crippen molar-refractivity contribution in [3.63, 3.8) is 0 Å². The Morgan fingerprint density at radius 2 is 1.17 bits per heavy atom. The summed E-state index contributed by atoms with van der Waals surface area (Å²) in [6.45, 7) is 0. The number of rotatable bonds is 0. The zero-order chi connectivity index (χ0) is 7.07. The molecule has 0 unspecified atom stereocenters. The minimum atomic E-state index is 0. The lowest BCUT2D eigenvalue weighted by Gasteiger charge is -1.45. The Morgan fingerprint density at radius 1 is 0.750 bits per heavy atom. The molecule has 0 aliphatic heterocycles. The van der Waals surface area contributed by atoms with Gasteiger partial charge in [0.05, 0.1) is 12.4 Å². The Hall–Kier alpha value is -0.760. The van der Waals surface area contributed by atoms with E-state index in [9.17, 15) is 0 Å². The first-order chi connectivity index (χ1) is 5.00. The quantitative estimate of drug-likeness (QED) is 0.730. The van der Waals surface area contributed by atoms with E-state index in [0.29, 0.717) is 0 Å². The first kappa shape index (κ1) is 13.8. The van der Waals surface area contributed by atoms with E-state index in [4.69, 9.17) is 0 Å². The summed E-state index contributed by atoms with van der Waals surface area (Å²) in [5, 5.41) is 12.8. The number of nitrogens with zero attached hydrogens (tertiary/aromatic N) is 4. The SMILES string of the molecule is Br.Br.c1conn1.c1conn1. The molecule has 8 heteroatoms. The minimum absolute atomic E-state index is 0. The second-order valence-electron chi connectivity index (χ2n) is 1.18. The van der Waals surface area contributed by atoms with Crippen LogP contribution in [-0.2, 0) is 0 Å². The number of aromatic nitrogens is 4. The van der Waals surface area contributed by atoms with Gasteiger partial charge in [-0.2, -0.15) is 0 Å². The third kappa shape index (κ3) is 7.35. The van der Waals surface area contributed by atoms with Gasteiger partial charge >= 0.3 is 0 Å². The molecule has 0 bridgehead atoms. The molecule has 6 nitrogen and oxygen atoms in total. The summed E-state index contributed by atoms with van der Waals surface area (Å²) >= 11 is 0. The van der Waals surface area contributed by atoms with Crippen LogP contribution in [-0.4, -0.2) is 20.7 Å². The van der Waals surface area contributed by atoms with E-state index in [-0.39, 0.29) is 34.0 Å². The largest absolute Gasteiger partial charge is 0.346 e. The van der Waals surface area contributed by atoms with Crippen molar-refractivity contribution >= 4 is 34.0 Å². The second kappa shape index (κ2) is 10.2. The van der Waals surface area contributed by atoms with Gasteiger partial charge in [0.25, 0.3) is 0 Å². The van der Waals surface area contributed by atoms with Crippen molar-refractivity contribution in [2.45, 2.75) is 0 Å². The van der Waals surface area contributed by atoms with Crippen molar-refractivity contribution in [2.75, 3.05) is 0 Å². The van der Waals surface area contributed by atoms with E-state index < -0.39 is 0 Å². The Balaban J connectivity index is 0. The summed E-state index contributed by atoms with van der Waals surface area (Å²) < 4.78 is 8.44. The topological polar surface area (TPSA) is 77.8 Å². The maximum Gasteiger partial charge on any atom is 0.144 e. The van der Waals surface area contributed by atoms with Gasteiger partial charge in [-0.15, -0.1) is 44.2 Å². The minimum Gasteiger partial charge on any atom is -0.346 e. The molecule has 0 atom stereocenters. The molecule has 0 radical (unpaired) electrons. The van der Waals surface area contributed by atoms with Gasteiger partial charge in [0.15, 0.2) is 0 Å². The van der Waals surface area contributed by atoms with Crippen molar-refractivity contribution < 1.29 is 9.05 Å². The van der Waals surface area contributed by atoms with Gasteiger partial charge in [0, 0.05) is 10.5 Å².